The van der Waals surface area contributed by atoms with Gasteiger partial charge in [-0.15, -0.1) is 0 Å². The minimum Gasteiger partial charge on any atom is -0.354 e. The second kappa shape index (κ2) is 7.09. The van der Waals surface area contributed by atoms with Gasteiger partial charge in [0.2, 0.25) is 0 Å². The van der Waals surface area contributed by atoms with E-state index < -0.39 is 0 Å². The highest BCUT2D eigenvalue weighted by molar-refractivity contribution is 6.30. The highest BCUT2D eigenvalue weighted by Crippen LogP contribution is 2.21. The van der Waals surface area contributed by atoms with E-state index in [0.717, 1.165) is 24.2 Å². The van der Waals surface area contributed by atoms with E-state index in [-0.39, 0.29) is 12.3 Å². The average Bonchev–Trinajstić information content (AvgIpc) is 2.57. The Kier molecular flexibility index (Phi) is 6.08. The minimum atomic E-state index is -0.305. The molecule has 0 aliphatic carbocycles. The van der Waals surface area contributed by atoms with Crippen molar-refractivity contribution in [1.82, 2.24) is 15.1 Å². The number of aryl methyl sites for hydroxylation is 2. The van der Waals surface area contributed by atoms with Crippen molar-refractivity contribution in [2.75, 3.05) is 20.8 Å². The zero-order valence-corrected chi connectivity index (χ0v) is 12.4. The van der Waals surface area contributed by atoms with Gasteiger partial charge >= 0.3 is 0 Å². The molecule has 0 aromatic carbocycles. The maximum absolute atomic E-state index is 6.24. The molecule has 1 rings (SSSR count). The molecule has 0 fully saturated rings. The van der Waals surface area contributed by atoms with Crippen LogP contribution in [0.2, 0.25) is 5.15 Å². The summed E-state index contributed by atoms with van der Waals surface area (Å²) in [6.07, 6.45) is 0.416. The third-order valence-electron chi connectivity index (χ3n) is 2.95. The Morgan fingerprint density at radius 2 is 2.00 bits per heavy atom. The van der Waals surface area contributed by atoms with Crippen LogP contribution in [0.15, 0.2) is 0 Å². The van der Waals surface area contributed by atoms with Crippen LogP contribution in [0, 0.1) is 6.92 Å². The van der Waals surface area contributed by atoms with Crippen LogP contribution < -0.4 is 5.32 Å². The van der Waals surface area contributed by atoms with E-state index in [1.54, 1.807) is 18.9 Å². The number of hydrogen-bond acceptors (Lipinski definition) is 4. The van der Waals surface area contributed by atoms with Crippen molar-refractivity contribution in [3.05, 3.63) is 16.4 Å². The molecular formula is C12H22ClN3O2. The maximum atomic E-state index is 6.24. The number of likely N-dealkylation sites (N-methyl/N-ethyl adjacent to an activating group) is 1. The van der Waals surface area contributed by atoms with Gasteiger partial charge in [0, 0.05) is 26.8 Å². The number of ether oxygens (including phenoxy) is 2. The SMILES string of the molecule is CCNC(Cc1c(C)nn(C)c1Cl)C(OC)OC. The Morgan fingerprint density at radius 3 is 2.39 bits per heavy atom. The molecule has 1 aromatic rings. The van der Waals surface area contributed by atoms with E-state index in [0.29, 0.717) is 5.15 Å². The molecule has 1 heterocycles. The second-order valence-electron chi connectivity index (χ2n) is 4.19. The number of halogens is 1. The fourth-order valence-electron chi connectivity index (χ4n) is 2.08. The summed E-state index contributed by atoms with van der Waals surface area (Å²) in [6, 6.07) is 0.0467. The fourth-order valence-corrected chi connectivity index (χ4v) is 2.33. The van der Waals surface area contributed by atoms with Gasteiger partial charge in [-0.1, -0.05) is 18.5 Å². The molecule has 1 aromatic heterocycles. The summed E-state index contributed by atoms with van der Waals surface area (Å²) < 4.78 is 12.3. The summed E-state index contributed by atoms with van der Waals surface area (Å²) in [4.78, 5) is 0. The van der Waals surface area contributed by atoms with Crippen LogP contribution in [-0.2, 0) is 22.9 Å². The van der Waals surface area contributed by atoms with Gasteiger partial charge in [0.05, 0.1) is 11.7 Å². The molecule has 0 saturated carbocycles. The molecule has 18 heavy (non-hydrogen) atoms. The topological polar surface area (TPSA) is 48.3 Å². The van der Waals surface area contributed by atoms with Crippen LogP contribution in [0.1, 0.15) is 18.2 Å². The highest BCUT2D eigenvalue weighted by Gasteiger charge is 2.23. The van der Waals surface area contributed by atoms with Gasteiger partial charge in [-0.3, -0.25) is 4.68 Å². The van der Waals surface area contributed by atoms with Gasteiger partial charge < -0.3 is 14.8 Å². The molecule has 0 aliphatic rings. The lowest BCUT2D eigenvalue weighted by molar-refractivity contribution is -0.122. The Labute approximate surface area is 113 Å². The van der Waals surface area contributed by atoms with Crippen molar-refractivity contribution < 1.29 is 9.47 Å². The van der Waals surface area contributed by atoms with E-state index >= 15 is 0 Å². The van der Waals surface area contributed by atoms with Crippen LogP contribution in [0.5, 0.6) is 0 Å². The van der Waals surface area contributed by atoms with Crippen LogP contribution in [-0.4, -0.2) is 42.9 Å². The van der Waals surface area contributed by atoms with E-state index in [1.165, 1.54) is 0 Å². The molecule has 0 amide bonds. The van der Waals surface area contributed by atoms with Crippen molar-refractivity contribution in [1.29, 1.82) is 0 Å². The zero-order valence-electron chi connectivity index (χ0n) is 11.7. The Balaban J connectivity index is 2.88. The standard InChI is InChI=1S/C12H22ClN3O2/c1-6-14-10(12(17-4)18-5)7-9-8(2)15-16(3)11(9)13/h10,12,14H,6-7H2,1-5H3. The molecule has 1 atom stereocenters. The Bertz CT molecular complexity index is 378. The normalized spacial score (nSPS) is 13.3. The summed E-state index contributed by atoms with van der Waals surface area (Å²) in [5.41, 5.74) is 1.97. The summed E-state index contributed by atoms with van der Waals surface area (Å²) in [6.45, 7) is 4.84. The minimum absolute atomic E-state index is 0.0467. The lowest BCUT2D eigenvalue weighted by Gasteiger charge is -2.25. The smallest absolute Gasteiger partial charge is 0.172 e. The first-order chi connectivity index (χ1) is 8.54. The largest absolute Gasteiger partial charge is 0.354 e. The summed E-state index contributed by atoms with van der Waals surface area (Å²) in [7, 11) is 5.11. The lowest BCUT2D eigenvalue weighted by atomic mass is 10.1. The van der Waals surface area contributed by atoms with Gasteiger partial charge in [-0.05, 0) is 19.9 Å². The van der Waals surface area contributed by atoms with Gasteiger partial charge in [0.15, 0.2) is 6.29 Å². The third kappa shape index (κ3) is 3.45. The molecule has 0 bridgehead atoms. The van der Waals surface area contributed by atoms with Crippen LogP contribution >= 0.6 is 11.6 Å². The second-order valence-corrected chi connectivity index (χ2v) is 4.54. The van der Waals surface area contributed by atoms with Crippen molar-refractivity contribution in [3.63, 3.8) is 0 Å². The number of rotatable bonds is 7. The molecule has 0 radical (unpaired) electrons. The van der Waals surface area contributed by atoms with Crippen molar-refractivity contribution in [3.8, 4) is 0 Å². The molecule has 104 valence electrons. The van der Waals surface area contributed by atoms with Crippen molar-refractivity contribution in [2.24, 2.45) is 7.05 Å². The molecular weight excluding hydrogens is 254 g/mol. The van der Waals surface area contributed by atoms with Gasteiger partial charge in [0.1, 0.15) is 5.15 Å². The van der Waals surface area contributed by atoms with Crippen LogP contribution in [0.3, 0.4) is 0 Å². The zero-order chi connectivity index (χ0) is 13.7. The van der Waals surface area contributed by atoms with E-state index in [1.807, 2.05) is 20.9 Å². The van der Waals surface area contributed by atoms with Crippen LogP contribution in [0.25, 0.3) is 0 Å². The molecule has 0 aliphatic heterocycles. The molecule has 0 spiro atoms. The monoisotopic (exact) mass is 275 g/mol. The lowest BCUT2D eigenvalue weighted by Crippen LogP contribution is -2.43. The van der Waals surface area contributed by atoms with Crippen molar-refractivity contribution >= 4 is 11.6 Å². The van der Waals surface area contributed by atoms with E-state index in [2.05, 4.69) is 10.4 Å². The van der Waals surface area contributed by atoms with Gasteiger partial charge in [-0.2, -0.15) is 5.10 Å². The number of methoxy groups -OCH3 is 2. The summed E-state index contributed by atoms with van der Waals surface area (Å²) >= 11 is 6.24. The Morgan fingerprint density at radius 1 is 1.39 bits per heavy atom. The predicted octanol–water partition coefficient (Wildman–Crippen LogP) is 1.52. The fraction of sp³-hybridized carbons (Fsp3) is 0.750. The predicted molar refractivity (Wildman–Crippen MR) is 71.9 cm³/mol. The van der Waals surface area contributed by atoms with Gasteiger partial charge in [0.25, 0.3) is 0 Å². The molecule has 1 N–H and O–H groups in total. The molecule has 5 nitrogen and oxygen atoms in total. The van der Waals surface area contributed by atoms with E-state index in [4.69, 9.17) is 21.1 Å². The first kappa shape index (κ1) is 15.4. The summed E-state index contributed by atoms with van der Waals surface area (Å²) in [5.74, 6) is 0. The number of nitrogens with one attached hydrogen (secondary N) is 1. The average molecular weight is 276 g/mol. The van der Waals surface area contributed by atoms with E-state index in [9.17, 15) is 0 Å². The first-order valence-corrected chi connectivity index (χ1v) is 6.39. The van der Waals surface area contributed by atoms with Crippen LogP contribution in [0.4, 0.5) is 0 Å². The first-order valence-electron chi connectivity index (χ1n) is 6.02. The third-order valence-corrected chi connectivity index (χ3v) is 3.43. The van der Waals surface area contributed by atoms with Gasteiger partial charge in [-0.25, -0.2) is 0 Å². The highest BCUT2D eigenvalue weighted by atomic mass is 35.5. The van der Waals surface area contributed by atoms with Crippen molar-refractivity contribution in [2.45, 2.75) is 32.6 Å². The number of aromatic nitrogens is 2. The number of hydrogen-bond donors (Lipinski definition) is 1. The summed E-state index contributed by atoms with van der Waals surface area (Å²) in [5, 5.41) is 8.33. The quantitative estimate of drug-likeness (QED) is 0.767. The number of nitrogens with zero attached hydrogens (tertiary/aromatic N) is 2. The molecule has 1 unspecified atom stereocenters. The Hall–Kier alpha value is -0.620. The maximum Gasteiger partial charge on any atom is 0.172 e. The molecule has 0 saturated heterocycles. The molecule has 6 heteroatoms.